The average molecular weight is 222 g/mol. The highest BCUT2D eigenvalue weighted by Crippen LogP contribution is 2.38. The molecular formula is C12H14O4. The molecule has 0 spiro atoms. The summed E-state index contributed by atoms with van der Waals surface area (Å²) in [4.78, 5) is 11.5. The first-order valence-corrected chi connectivity index (χ1v) is 4.64. The maximum absolute atomic E-state index is 11.5. The van der Waals surface area contributed by atoms with Gasteiger partial charge in [0.05, 0.1) is 21.3 Å². The predicted octanol–water partition coefficient (Wildman–Crippen LogP) is 2.08. The number of ether oxygens (including phenoxy) is 3. The minimum Gasteiger partial charge on any atom is -0.493 e. The van der Waals surface area contributed by atoms with Crippen LogP contribution in [-0.2, 0) is 0 Å². The summed E-state index contributed by atoms with van der Waals surface area (Å²) in [6.07, 6.45) is 1.24. The zero-order valence-corrected chi connectivity index (χ0v) is 9.57. The van der Waals surface area contributed by atoms with E-state index in [2.05, 4.69) is 6.58 Å². The van der Waals surface area contributed by atoms with Crippen molar-refractivity contribution in [2.75, 3.05) is 21.3 Å². The van der Waals surface area contributed by atoms with E-state index in [1.54, 1.807) is 12.1 Å². The van der Waals surface area contributed by atoms with Crippen molar-refractivity contribution in [3.05, 3.63) is 30.4 Å². The molecule has 0 unspecified atom stereocenters. The van der Waals surface area contributed by atoms with Gasteiger partial charge < -0.3 is 14.2 Å². The predicted molar refractivity (Wildman–Crippen MR) is 60.6 cm³/mol. The lowest BCUT2D eigenvalue weighted by molar-refractivity contribution is 0.104. The monoisotopic (exact) mass is 222 g/mol. The fourth-order valence-corrected chi connectivity index (χ4v) is 1.34. The number of hydrogen-bond acceptors (Lipinski definition) is 4. The van der Waals surface area contributed by atoms with Crippen molar-refractivity contribution >= 4 is 5.78 Å². The molecule has 0 aromatic heterocycles. The van der Waals surface area contributed by atoms with Gasteiger partial charge in [0.1, 0.15) is 0 Å². The van der Waals surface area contributed by atoms with Gasteiger partial charge in [0.15, 0.2) is 17.3 Å². The first-order valence-electron chi connectivity index (χ1n) is 4.64. The van der Waals surface area contributed by atoms with Gasteiger partial charge in [-0.05, 0) is 18.2 Å². The van der Waals surface area contributed by atoms with Gasteiger partial charge in [0.25, 0.3) is 0 Å². The molecule has 1 aromatic carbocycles. The van der Waals surface area contributed by atoms with E-state index in [0.29, 0.717) is 22.8 Å². The van der Waals surface area contributed by atoms with Crippen molar-refractivity contribution in [1.29, 1.82) is 0 Å². The third-order valence-electron chi connectivity index (χ3n) is 2.13. The average Bonchev–Trinajstić information content (AvgIpc) is 2.35. The van der Waals surface area contributed by atoms with Crippen LogP contribution in [0.25, 0.3) is 0 Å². The number of carbonyl (C=O) groups is 1. The molecule has 0 saturated carbocycles. The van der Waals surface area contributed by atoms with E-state index in [0.717, 1.165) is 0 Å². The number of allylic oxidation sites excluding steroid dienone is 1. The third kappa shape index (κ3) is 2.16. The van der Waals surface area contributed by atoms with E-state index < -0.39 is 0 Å². The van der Waals surface area contributed by atoms with Gasteiger partial charge in [0.2, 0.25) is 5.75 Å². The highest BCUT2D eigenvalue weighted by atomic mass is 16.5. The van der Waals surface area contributed by atoms with Crippen molar-refractivity contribution < 1.29 is 19.0 Å². The van der Waals surface area contributed by atoms with E-state index in [9.17, 15) is 4.79 Å². The largest absolute Gasteiger partial charge is 0.493 e. The third-order valence-corrected chi connectivity index (χ3v) is 2.13. The molecule has 4 heteroatoms. The van der Waals surface area contributed by atoms with Crippen LogP contribution >= 0.6 is 0 Å². The molecule has 0 radical (unpaired) electrons. The summed E-state index contributed by atoms with van der Waals surface area (Å²) in [6.45, 7) is 3.43. The molecular weight excluding hydrogens is 208 g/mol. The Morgan fingerprint density at radius 3 is 1.94 bits per heavy atom. The van der Waals surface area contributed by atoms with E-state index in [1.165, 1.54) is 27.4 Å². The fraction of sp³-hybridized carbons (Fsp3) is 0.250. The Morgan fingerprint density at radius 2 is 1.62 bits per heavy atom. The fourth-order valence-electron chi connectivity index (χ4n) is 1.34. The first-order chi connectivity index (χ1) is 7.67. The minimum absolute atomic E-state index is 0.195. The second kappa shape index (κ2) is 5.21. The lowest BCUT2D eigenvalue weighted by Crippen LogP contribution is -2.00. The molecule has 16 heavy (non-hydrogen) atoms. The van der Waals surface area contributed by atoms with Crippen LogP contribution in [0.4, 0.5) is 0 Å². The molecule has 0 aliphatic rings. The van der Waals surface area contributed by atoms with Crippen LogP contribution in [0.1, 0.15) is 10.4 Å². The molecule has 0 N–H and O–H groups in total. The van der Waals surface area contributed by atoms with Crippen LogP contribution in [0.3, 0.4) is 0 Å². The molecule has 0 amide bonds. The highest BCUT2D eigenvalue weighted by Gasteiger charge is 2.15. The SMILES string of the molecule is C=CC(=O)c1cc(OC)c(OC)c(OC)c1. The van der Waals surface area contributed by atoms with E-state index in [4.69, 9.17) is 14.2 Å². The van der Waals surface area contributed by atoms with Gasteiger partial charge in [-0.2, -0.15) is 0 Å². The second-order valence-corrected chi connectivity index (χ2v) is 2.98. The van der Waals surface area contributed by atoms with Crippen LogP contribution < -0.4 is 14.2 Å². The lowest BCUT2D eigenvalue weighted by Gasteiger charge is -2.12. The van der Waals surface area contributed by atoms with Crippen LogP contribution in [0, 0.1) is 0 Å². The van der Waals surface area contributed by atoms with Crippen molar-refractivity contribution in [3.63, 3.8) is 0 Å². The highest BCUT2D eigenvalue weighted by molar-refractivity contribution is 6.05. The molecule has 0 heterocycles. The topological polar surface area (TPSA) is 44.8 Å². The molecule has 0 atom stereocenters. The van der Waals surface area contributed by atoms with Crippen molar-refractivity contribution in [3.8, 4) is 17.2 Å². The van der Waals surface area contributed by atoms with E-state index >= 15 is 0 Å². The number of hydrogen-bond donors (Lipinski definition) is 0. The number of ketones is 1. The van der Waals surface area contributed by atoms with Crippen LogP contribution in [0.5, 0.6) is 17.2 Å². The van der Waals surface area contributed by atoms with Crippen LogP contribution in [0.15, 0.2) is 24.8 Å². The van der Waals surface area contributed by atoms with Gasteiger partial charge in [-0.3, -0.25) is 4.79 Å². The van der Waals surface area contributed by atoms with Gasteiger partial charge in [0, 0.05) is 5.56 Å². The zero-order chi connectivity index (χ0) is 12.1. The maximum Gasteiger partial charge on any atom is 0.203 e. The molecule has 1 aromatic rings. The van der Waals surface area contributed by atoms with Crippen molar-refractivity contribution in [2.24, 2.45) is 0 Å². The summed E-state index contributed by atoms with van der Waals surface area (Å²) < 4.78 is 15.4. The van der Waals surface area contributed by atoms with Gasteiger partial charge >= 0.3 is 0 Å². The number of benzene rings is 1. The van der Waals surface area contributed by atoms with Gasteiger partial charge in [-0.1, -0.05) is 6.58 Å². The summed E-state index contributed by atoms with van der Waals surface area (Å²) in [6, 6.07) is 3.18. The van der Waals surface area contributed by atoms with Crippen LogP contribution in [-0.4, -0.2) is 27.1 Å². The Bertz CT molecular complexity index is 384. The Balaban J connectivity index is 3.36. The first kappa shape index (κ1) is 12.1. The Hall–Kier alpha value is -1.97. The second-order valence-electron chi connectivity index (χ2n) is 2.98. The molecule has 0 fully saturated rings. The molecule has 1 rings (SSSR count). The van der Waals surface area contributed by atoms with Crippen LogP contribution in [0.2, 0.25) is 0 Å². The Morgan fingerprint density at radius 1 is 1.12 bits per heavy atom. The molecule has 0 aliphatic carbocycles. The van der Waals surface area contributed by atoms with E-state index in [1.807, 2.05) is 0 Å². The molecule has 0 bridgehead atoms. The summed E-state index contributed by atoms with van der Waals surface area (Å²) in [7, 11) is 4.51. The normalized spacial score (nSPS) is 9.44. The lowest BCUT2D eigenvalue weighted by atomic mass is 10.1. The van der Waals surface area contributed by atoms with Gasteiger partial charge in [-0.25, -0.2) is 0 Å². The van der Waals surface area contributed by atoms with E-state index in [-0.39, 0.29) is 5.78 Å². The summed E-state index contributed by atoms with van der Waals surface area (Å²) in [5.74, 6) is 1.17. The molecule has 0 aliphatic heterocycles. The Labute approximate surface area is 94.4 Å². The van der Waals surface area contributed by atoms with Crippen molar-refractivity contribution in [1.82, 2.24) is 0 Å². The maximum atomic E-state index is 11.5. The number of carbonyl (C=O) groups excluding carboxylic acids is 1. The Kier molecular flexibility index (Phi) is 3.94. The summed E-state index contributed by atoms with van der Waals surface area (Å²) >= 11 is 0. The number of rotatable bonds is 5. The van der Waals surface area contributed by atoms with Crippen molar-refractivity contribution in [2.45, 2.75) is 0 Å². The number of methoxy groups -OCH3 is 3. The van der Waals surface area contributed by atoms with Gasteiger partial charge in [-0.15, -0.1) is 0 Å². The summed E-state index contributed by atoms with van der Waals surface area (Å²) in [5.41, 5.74) is 0.449. The molecule has 4 nitrogen and oxygen atoms in total. The smallest absolute Gasteiger partial charge is 0.203 e. The quantitative estimate of drug-likeness (QED) is 0.565. The molecule has 0 saturated heterocycles. The molecule has 86 valence electrons. The standard InChI is InChI=1S/C12H14O4/c1-5-9(13)8-6-10(14-2)12(16-4)11(7-8)15-3/h5-7H,1H2,2-4H3. The zero-order valence-electron chi connectivity index (χ0n) is 9.57. The minimum atomic E-state index is -0.195. The summed E-state index contributed by atoms with van der Waals surface area (Å²) in [5, 5.41) is 0.